The molecule has 1 amide bonds. The number of aromatic carboxylic acids is 1. The van der Waals surface area contributed by atoms with E-state index in [2.05, 4.69) is 5.32 Å². The molecule has 0 unspecified atom stereocenters. The number of nitro benzene ring substituents is 1. The van der Waals surface area contributed by atoms with E-state index in [1.54, 1.807) is 13.0 Å². The molecule has 8 heteroatoms. The fourth-order valence-corrected chi connectivity index (χ4v) is 2.24. The molecule has 0 aliphatic carbocycles. The van der Waals surface area contributed by atoms with Gasteiger partial charge in [0.2, 0.25) is 0 Å². The molecule has 2 N–H and O–H groups in total. The predicted molar refractivity (Wildman–Crippen MR) is 82.4 cm³/mol. The van der Waals surface area contributed by atoms with Crippen LogP contribution in [0.2, 0.25) is 0 Å². The summed E-state index contributed by atoms with van der Waals surface area (Å²) in [5, 5.41) is 22.3. The molecular formula is C16H13FN2O5. The molecule has 0 aliphatic heterocycles. The van der Waals surface area contributed by atoms with Crippen molar-refractivity contribution < 1.29 is 24.0 Å². The van der Waals surface area contributed by atoms with E-state index in [9.17, 15) is 24.1 Å². The maximum absolute atomic E-state index is 13.8. The molecule has 0 atom stereocenters. The second-order valence-corrected chi connectivity index (χ2v) is 5.03. The topological polar surface area (TPSA) is 110 Å². The van der Waals surface area contributed by atoms with Crippen LogP contribution in [0, 0.1) is 22.9 Å². The van der Waals surface area contributed by atoms with Gasteiger partial charge in [-0.05, 0) is 30.2 Å². The summed E-state index contributed by atoms with van der Waals surface area (Å²) in [7, 11) is 0. The summed E-state index contributed by atoms with van der Waals surface area (Å²) in [6.07, 6.45) is 0. The van der Waals surface area contributed by atoms with E-state index in [4.69, 9.17) is 5.11 Å². The molecule has 0 saturated carbocycles. The number of hydrogen-bond acceptors (Lipinski definition) is 4. The number of hydrogen-bond donors (Lipinski definition) is 2. The van der Waals surface area contributed by atoms with Crippen molar-refractivity contribution in [1.29, 1.82) is 0 Å². The number of rotatable bonds is 5. The van der Waals surface area contributed by atoms with E-state index in [0.29, 0.717) is 11.1 Å². The van der Waals surface area contributed by atoms with Crippen LogP contribution < -0.4 is 5.32 Å². The van der Waals surface area contributed by atoms with Crippen molar-refractivity contribution in [3.63, 3.8) is 0 Å². The average Bonchev–Trinajstić information content (AvgIpc) is 2.51. The molecule has 0 saturated heterocycles. The molecule has 0 aliphatic rings. The van der Waals surface area contributed by atoms with E-state index in [1.807, 2.05) is 0 Å². The number of nitro groups is 1. The largest absolute Gasteiger partial charge is 0.478 e. The van der Waals surface area contributed by atoms with Crippen molar-refractivity contribution in [3.05, 3.63) is 74.6 Å². The molecular weight excluding hydrogens is 319 g/mol. The first-order valence-electron chi connectivity index (χ1n) is 6.85. The van der Waals surface area contributed by atoms with E-state index < -0.39 is 33.9 Å². The highest BCUT2D eigenvalue weighted by molar-refractivity contribution is 5.98. The molecule has 124 valence electrons. The Balaban J connectivity index is 2.19. The van der Waals surface area contributed by atoms with Crippen molar-refractivity contribution in [1.82, 2.24) is 5.32 Å². The lowest BCUT2D eigenvalue weighted by atomic mass is 10.0. The van der Waals surface area contributed by atoms with Crippen molar-refractivity contribution >= 4 is 17.6 Å². The number of carbonyl (C=O) groups is 2. The summed E-state index contributed by atoms with van der Waals surface area (Å²) in [4.78, 5) is 33.1. The second-order valence-electron chi connectivity index (χ2n) is 5.03. The fourth-order valence-electron chi connectivity index (χ4n) is 2.24. The Morgan fingerprint density at radius 2 is 2.00 bits per heavy atom. The number of carbonyl (C=O) groups excluding carboxylic acids is 1. The van der Waals surface area contributed by atoms with Crippen LogP contribution in [-0.2, 0) is 6.54 Å². The Labute approximate surface area is 135 Å². The van der Waals surface area contributed by atoms with E-state index in [0.717, 1.165) is 18.2 Å². The van der Waals surface area contributed by atoms with Gasteiger partial charge < -0.3 is 10.4 Å². The van der Waals surface area contributed by atoms with Crippen molar-refractivity contribution in [2.75, 3.05) is 0 Å². The minimum atomic E-state index is -1.06. The molecule has 2 aromatic rings. The summed E-state index contributed by atoms with van der Waals surface area (Å²) in [5.74, 6) is -2.97. The smallest absolute Gasteiger partial charge is 0.335 e. The van der Waals surface area contributed by atoms with E-state index in [1.165, 1.54) is 12.1 Å². The number of carboxylic acids is 1. The third kappa shape index (κ3) is 3.54. The molecule has 0 aromatic heterocycles. The summed E-state index contributed by atoms with van der Waals surface area (Å²) >= 11 is 0. The first-order chi connectivity index (χ1) is 11.3. The lowest BCUT2D eigenvalue weighted by Crippen LogP contribution is -2.25. The number of halogens is 1. The van der Waals surface area contributed by atoms with Crippen LogP contribution in [0.25, 0.3) is 0 Å². The highest BCUT2D eigenvalue weighted by Gasteiger charge is 2.24. The van der Waals surface area contributed by atoms with Gasteiger partial charge in [0, 0.05) is 12.6 Å². The van der Waals surface area contributed by atoms with Crippen molar-refractivity contribution in [3.8, 4) is 0 Å². The van der Waals surface area contributed by atoms with Gasteiger partial charge in [0.15, 0.2) is 5.56 Å². The van der Waals surface area contributed by atoms with E-state index in [-0.39, 0.29) is 12.1 Å². The zero-order valence-electron chi connectivity index (χ0n) is 12.6. The molecule has 0 fully saturated rings. The normalized spacial score (nSPS) is 10.2. The number of carboxylic acid groups (broad SMARTS) is 1. The minimum Gasteiger partial charge on any atom is -0.478 e. The molecule has 0 bridgehead atoms. The van der Waals surface area contributed by atoms with Gasteiger partial charge in [-0.2, -0.15) is 0 Å². The van der Waals surface area contributed by atoms with Crippen LogP contribution in [0.1, 0.15) is 31.8 Å². The Kier molecular flexibility index (Phi) is 4.88. The van der Waals surface area contributed by atoms with Gasteiger partial charge >= 0.3 is 5.97 Å². The Morgan fingerprint density at radius 3 is 2.58 bits per heavy atom. The van der Waals surface area contributed by atoms with Gasteiger partial charge in [-0.1, -0.05) is 18.2 Å². The van der Waals surface area contributed by atoms with Crippen molar-refractivity contribution in [2.24, 2.45) is 0 Å². The molecule has 0 spiro atoms. The Morgan fingerprint density at radius 1 is 1.29 bits per heavy atom. The van der Waals surface area contributed by atoms with Crippen LogP contribution in [0.3, 0.4) is 0 Å². The monoisotopic (exact) mass is 332 g/mol. The summed E-state index contributed by atoms with van der Waals surface area (Å²) in [5.41, 5.74) is -0.0305. The van der Waals surface area contributed by atoms with Gasteiger partial charge in [0.05, 0.1) is 10.5 Å². The molecule has 7 nitrogen and oxygen atoms in total. The molecule has 2 aromatic carbocycles. The zero-order valence-corrected chi connectivity index (χ0v) is 12.6. The Hall–Kier alpha value is -3.29. The zero-order chi connectivity index (χ0) is 17.9. The third-order valence-electron chi connectivity index (χ3n) is 3.39. The molecule has 2 rings (SSSR count). The molecule has 0 radical (unpaired) electrons. The maximum atomic E-state index is 13.8. The highest BCUT2D eigenvalue weighted by atomic mass is 19.1. The number of aryl methyl sites for hydroxylation is 1. The average molecular weight is 332 g/mol. The van der Waals surface area contributed by atoms with Gasteiger partial charge in [-0.15, -0.1) is 0 Å². The summed E-state index contributed by atoms with van der Waals surface area (Å²) in [6, 6.07) is 7.63. The summed E-state index contributed by atoms with van der Waals surface area (Å²) in [6.45, 7) is 1.58. The fraction of sp³-hybridized carbons (Fsp3) is 0.125. The van der Waals surface area contributed by atoms with Crippen LogP contribution in [-0.4, -0.2) is 21.9 Å². The summed E-state index contributed by atoms with van der Waals surface area (Å²) < 4.78 is 13.8. The first kappa shape index (κ1) is 17.1. The first-order valence-corrected chi connectivity index (χ1v) is 6.85. The second kappa shape index (κ2) is 6.86. The van der Waals surface area contributed by atoms with Gasteiger partial charge in [0.1, 0.15) is 5.82 Å². The van der Waals surface area contributed by atoms with Crippen LogP contribution in [0.15, 0.2) is 36.4 Å². The molecule has 0 heterocycles. The standard InChI is InChI=1S/C16H13FN2O5/c1-9-7-10(5-6-11(9)16(21)22)8-18-15(20)14-12(17)3-2-4-13(14)19(23)24/h2-7H,8H2,1H3,(H,18,20)(H,21,22). The highest BCUT2D eigenvalue weighted by Crippen LogP contribution is 2.21. The van der Waals surface area contributed by atoms with E-state index >= 15 is 0 Å². The van der Waals surface area contributed by atoms with Crippen LogP contribution >= 0.6 is 0 Å². The van der Waals surface area contributed by atoms with Gasteiger partial charge in [-0.25, -0.2) is 9.18 Å². The maximum Gasteiger partial charge on any atom is 0.335 e. The van der Waals surface area contributed by atoms with Crippen molar-refractivity contribution in [2.45, 2.75) is 13.5 Å². The quantitative estimate of drug-likeness (QED) is 0.646. The van der Waals surface area contributed by atoms with Crippen LogP contribution in [0.4, 0.5) is 10.1 Å². The van der Waals surface area contributed by atoms with Gasteiger partial charge in [0.25, 0.3) is 11.6 Å². The van der Waals surface area contributed by atoms with Crippen LogP contribution in [0.5, 0.6) is 0 Å². The predicted octanol–water partition coefficient (Wildman–Crippen LogP) is 2.67. The van der Waals surface area contributed by atoms with Gasteiger partial charge in [-0.3, -0.25) is 14.9 Å². The lowest BCUT2D eigenvalue weighted by Gasteiger charge is -2.08. The number of benzene rings is 2. The molecule has 24 heavy (non-hydrogen) atoms. The minimum absolute atomic E-state index is 0.0228. The third-order valence-corrected chi connectivity index (χ3v) is 3.39. The lowest BCUT2D eigenvalue weighted by molar-refractivity contribution is -0.385. The number of amides is 1. The number of nitrogens with one attached hydrogen (secondary N) is 1. The Bertz CT molecular complexity index is 835. The SMILES string of the molecule is Cc1cc(CNC(=O)c2c(F)cccc2[N+](=O)[O-])ccc1C(=O)O. The number of nitrogens with zero attached hydrogens (tertiary/aromatic N) is 1.